The first-order valence-electron chi connectivity index (χ1n) is 14.3. The van der Waals surface area contributed by atoms with Crippen LogP contribution in [-0.4, -0.2) is 75.3 Å². The Balaban J connectivity index is 0.934. The van der Waals surface area contributed by atoms with Crippen LogP contribution in [0.25, 0.3) is 11.0 Å². The molecule has 4 heterocycles. The lowest BCUT2D eigenvalue weighted by atomic mass is 10.0. The molecule has 230 valence electrons. The van der Waals surface area contributed by atoms with E-state index in [-0.39, 0.29) is 36.3 Å². The van der Waals surface area contributed by atoms with Crippen LogP contribution in [0.4, 0.5) is 11.5 Å². The molecule has 0 saturated carbocycles. The summed E-state index contributed by atoms with van der Waals surface area (Å²) in [6.07, 6.45) is 4.50. The average molecular weight is 613 g/mol. The van der Waals surface area contributed by atoms with Crippen LogP contribution in [0.2, 0.25) is 0 Å². The number of esters is 1. The number of H-pyrrole nitrogens is 1. The Labute approximate surface area is 256 Å². The van der Waals surface area contributed by atoms with Gasteiger partial charge in [0, 0.05) is 24.4 Å². The Morgan fingerprint density at radius 2 is 1.82 bits per heavy atom. The van der Waals surface area contributed by atoms with Crippen LogP contribution in [0.15, 0.2) is 61.1 Å². The number of anilines is 2. The summed E-state index contributed by atoms with van der Waals surface area (Å²) in [7, 11) is 0. The molecule has 0 spiro atoms. The summed E-state index contributed by atoms with van der Waals surface area (Å²) in [5.41, 5.74) is 1.57. The van der Waals surface area contributed by atoms with Crippen LogP contribution < -0.4 is 20.1 Å². The van der Waals surface area contributed by atoms with E-state index in [1.165, 1.54) is 24.5 Å². The number of carbonyl (C=O) groups is 5. The third-order valence-electron chi connectivity index (χ3n) is 7.30. The predicted molar refractivity (Wildman–Crippen MR) is 158 cm³/mol. The van der Waals surface area contributed by atoms with E-state index in [0.717, 1.165) is 21.6 Å². The highest BCUT2D eigenvalue weighted by Gasteiger charge is 2.46. The zero-order chi connectivity index (χ0) is 31.3. The monoisotopic (exact) mass is 612 g/mol. The van der Waals surface area contributed by atoms with Gasteiger partial charge in [-0.05, 0) is 49.6 Å². The number of nitrogens with one attached hydrogen (secondary N) is 3. The molecule has 14 heteroatoms. The maximum absolute atomic E-state index is 13.1. The fourth-order valence-corrected chi connectivity index (χ4v) is 5.14. The van der Waals surface area contributed by atoms with Gasteiger partial charge in [-0.15, -0.1) is 0 Å². The van der Waals surface area contributed by atoms with Crippen LogP contribution in [0.5, 0.6) is 11.5 Å². The van der Waals surface area contributed by atoms with E-state index < -0.39 is 42.2 Å². The zero-order valence-corrected chi connectivity index (χ0v) is 23.9. The number of rotatable bonds is 12. The number of carbonyl (C=O) groups excluding carboxylic acids is 5. The number of amides is 4. The molecule has 2 aliphatic rings. The maximum Gasteiger partial charge on any atom is 0.344 e. The van der Waals surface area contributed by atoms with E-state index in [2.05, 4.69) is 25.6 Å². The Kier molecular flexibility index (Phi) is 8.35. The minimum atomic E-state index is -1.10. The summed E-state index contributed by atoms with van der Waals surface area (Å²) in [4.78, 5) is 74.6. The van der Waals surface area contributed by atoms with Crippen LogP contribution in [-0.2, 0) is 19.1 Å². The molecule has 2 aromatic heterocycles. The van der Waals surface area contributed by atoms with Crippen molar-refractivity contribution in [3.8, 4) is 11.5 Å². The number of unbranched alkanes of at least 4 members (excludes halogenated alkanes) is 1. The van der Waals surface area contributed by atoms with E-state index in [1.807, 2.05) is 30.3 Å². The molecule has 14 nitrogen and oxygen atoms in total. The lowest BCUT2D eigenvalue weighted by Gasteiger charge is -2.27. The summed E-state index contributed by atoms with van der Waals surface area (Å²) in [5, 5.41) is 6.30. The summed E-state index contributed by atoms with van der Waals surface area (Å²) in [5.74, 6) is -1.82. The fourth-order valence-electron chi connectivity index (χ4n) is 5.14. The third kappa shape index (κ3) is 6.30. The molecule has 1 saturated heterocycles. The molecule has 2 aliphatic heterocycles. The number of aromatic nitrogens is 3. The van der Waals surface area contributed by atoms with Crippen molar-refractivity contribution in [1.29, 1.82) is 0 Å². The van der Waals surface area contributed by atoms with Gasteiger partial charge in [-0.1, -0.05) is 12.1 Å². The van der Waals surface area contributed by atoms with E-state index in [4.69, 9.17) is 14.2 Å². The van der Waals surface area contributed by atoms with Gasteiger partial charge in [0.25, 0.3) is 11.8 Å². The van der Waals surface area contributed by atoms with Crippen molar-refractivity contribution in [1.82, 2.24) is 25.2 Å². The van der Waals surface area contributed by atoms with Crippen LogP contribution in [0.3, 0.4) is 0 Å². The highest BCUT2D eigenvalue weighted by atomic mass is 16.6. The SMILES string of the molecule is O=C1CCC(N2C(=O)c3cccc(OCC(=O)OCCCCOc4cccc(Nc5ncnc6[nH]ccc56)c4)c3C2=O)C(=O)N1. The second-order valence-electron chi connectivity index (χ2n) is 10.3. The minimum Gasteiger partial charge on any atom is -0.494 e. The first-order chi connectivity index (χ1) is 21.9. The van der Waals surface area contributed by atoms with E-state index in [0.29, 0.717) is 31.0 Å². The molecule has 4 amide bonds. The predicted octanol–water partition coefficient (Wildman–Crippen LogP) is 2.88. The van der Waals surface area contributed by atoms with Crippen molar-refractivity contribution >= 4 is 52.1 Å². The Morgan fingerprint density at radius 3 is 2.69 bits per heavy atom. The highest BCUT2D eigenvalue weighted by molar-refractivity contribution is 6.24. The largest absolute Gasteiger partial charge is 0.494 e. The molecule has 1 fully saturated rings. The normalized spacial score (nSPS) is 16.0. The maximum atomic E-state index is 13.1. The minimum absolute atomic E-state index is 0.0124. The molecular weight excluding hydrogens is 584 g/mol. The Hall–Kier alpha value is -5.79. The van der Waals surface area contributed by atoms with Crippen LogP contribution in [0.1, 0.15) is 46.4 Å². The van der Waals surface area contributed by atoms with Gasteiger partial charge in [0.2, 0.25) is 11.8 Å². The standard InChI is InChI=1S/C31H28N6O8/c38-24-10-9-22(29(40)36-24)37-30(41)20-7-4-8-23(26(20)31(37)42)45-16-25(39)44-14-2-1-13-43-19-6-3-5-18(15-19)35-28-21-11-12-32-27(21)33-17-34-28/h3-8,11-12,15,17,22H,1-2,9-10,13-14,16H2,(H,36,38,40)(H2,32,33,34,35). The quantitative estimate of drug-likeness (QED) is 0.122. The molecule has 1 atom stereocenters. The molecule has 0 radical (unpaired) electrons. The van der Waals surface area contributed by atoms with Crippen molar-refractivity contribution in [2.75, 3.05) is 25.1 Å². The Bertz CT molecular complexity index is 1800. The molecule has 2 aromatic carbocycles. The number of hydrogen-bond donors (Lipinski definition) is 3. The third-order valence-corrected chi connectivity index (χ3v) is 7.30. The van der Waals surface area contributed by atoms with Crippen molar-refractivity contribution in [2.45, 2.75) is 31.7 Å². The molecule has 6 rings (SSSR count). The molecule has 1 unspecified atom stereocenters. The number of piperidine rings is 1. The van der Waals surface area contributed by atoms with Gasteiger partial charge in [0.15, 0.2) is 6.61 Å². The second kappa shape index (κ2) is 12.8. The number of aromatic amines is 1. The van der Waals surface area contributed by atoms with Gasteiger partial charge in [-0.3, -0.25) is 29.4 Å². The first kappa shape index (κ1) is 29.3. The molecular formula is C31H28N6O8. The molecule has 3 N–H and O–H groups in total. The van der Waals surface area contributed by atoms with E-state index in [1.54, 1.807) is 6.20 Å². The fraction of sp³-hybridized carbons (Fsp3) is 0.258. The summed E-state index contributed by atoms with van der Waals surface area (Å²) in [6.45, 7) is 0.0677. The van der Waals surface area contributed by atoms with Gasteiger partial charge in [0.1, 0.15) is 35.3 Å². The number of hydrogen-bond acceptors (Lipinski definition) is 11. The molecule has 0 aliphatic carbocycles. The van der Waals surface area contributed by atoms with Crippen LogP contribution >= 0.6 is 0 Å². The molecule has 0 bridgehead atoms. The highest BCUT2D eigenvalue weighted by Crippen LogP contribution is 2.33. The lowest BCUT2D eigenvalue weighted by molar-refractivity contribution is -0.146. The number of fused-ring (bicyclic) bond motifs is 2. The Morgan fingerprint density at radius 1 is 0.978 bits per heavy atom. The van der Waals surface area contributed by atoms with Crippen molar-refractivity contribution in [3.05, 3.63) is 72.2 Å². The van der Waals surface area contributed by atoms with Crippen molar-refractivity contribution < 1.29 is 38.2 Å². The zero-order valence-electron chi connectivity index (χ0n) is 23.9. The van der Waals surface area contributed by atoms with Gasteiger partial charge in [-0.2, -0.15) is 0 Å². The van der Waals surface area contributed by atoms with Crippen molar-refractivity contribution in [3.63, 3.8) is 0 Å². The lowest BCUT2D eigenvalue weighted by Crippen LogP contribution is -2.54. The van der Waals surface area contributed by atoms with E-state index in [9.17, 15) is 24.0 Å². The topological polar surface area (TPSA) is 182 Å². The number of nitrogens with zero attached hydrogens (tertiary/aromatic N) is 3. The summed E-state index contributed by atoms with van der Waals surface area (Å²) >= 11 is 0. The first-order valence-corrected chi connectivity index (χ1v) is 14.3. The van der Waals surface area contributed by atoms with Gasteiger partial charge in [0.05, 0.1) is 29.7 Å². The summed E-state index contributed by atoms with van der Waals surface area (Å²) in [6, 6.07) is 12.7. The number of ether oxygens (including phenoxy) is 3. The van der Waals surface area contributed by atoms with E-state index >= 15 is 0 Å². The number of imide groups is 2. The van der Waals surface area contributed by atoms with Gasteiger partial charge < -0.3 is 24.5 Å². The molecule has 4 aromatic rings. The molecule has 45 heavy (non-hydrogen) atoms. The second-order valence-corrected chi connectivity index (χ2v) is 10.3. The smallest absolute Gasteiger partial charge is 0.344 e. The van der Waals surface area contributed by atoms with Gasteiger partial charge >= 0.3 is 5.97 Å². The van der Waals surface area contributed by atoms with Crippen molar-refractivity contribution in [2.24, 2.45) is 0 Å². The number of benzene rings is 2. The summed E-state index contributed by atoms with van der Waals surface area (Å²) < 4.78 is 16.6. The van der Waals surface area contributed by atoms with Gasteiger partial charge in [-0.25, -0.2) is 14.8 Å². The average Bonchev–Trinajstić information content (AvgIpc) is 3.62. The van der Waals surface area contributed by atoms with Crippen LogP contribution in [0, 0.1) is 0 Å².